The average Bonchev–Trinajstić information content (AvgIpc) is 2.97. The van der Waals surface area contributed by atoms with E-state index >= 15 is 0 Å². The van der Waals surface area contributed by atoms with E-state index in [0.717, 1.165) is 50.9 Å². The van der Waals surface area contributed by atoms with Crippen LogP contribution >= 0.6 is 0 Å². The minimum Gasteiger partial charge on any atom is -0.465 e. The Morgan fingerprint density at radius 1 is 1.12 bits per heavy atom. The highest BCUT2D eigenvalue weighted by Gasteiger charge is 2.54. The van der Waals surface area contributed by atoms with Gasteiger partial charge < -0.3 is 9.47 Å². The first-order valence-corrected chi connectivity index (χ1v) is 10.6. The van der Waals surface area contributed by atoms with E-state index in [4.69, 9.17) is 9.47 Å². The Hall–Kier alpha value is -1.35. The number of hydrogen-bond acceptors (Lipinski definition) is 3. The van der Waals surface area contributed by atoms with Crippen molar-refractivity contribution in [3.8, 4) is 5.75 Å². The fraction of sp³-hybridized carbons (Fsp3) is 0.696. The number of benzene rings is 1. The SMILES string of the molecule is C[C@]12CC[C@@H]3c4ccc(OC5CCCCO5)cc4CC[C@@H]3[C@@H]1CCC2=O. The summed E-state index contributed by atoms with van der Waals surface area (Å²) in [5, 5.41) is 0. The Balaban J connectivity index is 1.37. The topological polar surface area (TPSA) is 35.5 Å². The number of aryl methyl sites for hydroxylation is 1. The van der Waals surface area contributed by atoms with Crippen molar-refractivity contribution in [3.63, 3.8) is 0 Å². The molecule has 26 heavy (non-hydrogen) atoms. The van der Waals surface area contributed by atoms with Crippen LogP contribution in [0.3, 0.4) is 0 Å². The zero-order valence-corrected chi connectivity index (χ0v) is 15.8. The molecule has 1 aromatic rings. The van der Waals surface area contributed by atoms with Crippen LogP contribution in [-0.2, 0) is 16.0 Å². The van der Waals surface area contributed by atoms with Gasteiger partial charge in [0.15, 0.2) is 6.29 Å². The third kappa shape index (κ3) is 2.62. The lowest BCUT2D eigenvalue weighted by Crippen LogP contribution is -2.42. The average molecular weight is 354 g/mol. The van der Waals surface area contributed by atoms with Crippen molar-refractivity contribution in [2.45, 2.75) is 76.9 Å². The lowest BCUT2D eigenvalue weighted by molar-refractivity contribution is -0.129. The molecule has 1 aliphatic heterocycles. The number of ether oxygens (including phenoxy) is 2. The second-order valence-corrected chi connectivity index (χ2v) is 9.11. The molecule has 3 fully saturated rings. The second-order valence-electron chi connectivity index (χ2n) is 9.11. The van der Waals surface area contributed by atoms with Gasteiger partial charge in [-0.25, -0.2) is 0 Å². The highest BCUT2D eigenvalue weighted by atomic mass is 16.7. The Morgan fingerprint density at radius 3 is 2.88 bits per heavy atom. The molecule has 0 bridgehead atoms. The third-order valence-electron chi connectivity index (χ3n) is 7.81. The van der Waals surface area contributed by atoms with Gasteiger partial charge in [0.2, 0.25) is 0 Å². The monoisotopic (exact) mass is 354 g/mol. The molecule has 0 spiro atoms. The molecule has 0 N–H and O–H groups in total. The minimum atomic E-state index is -0.0713. The molecule has 140 valence electrons. The number of hydrogen-bond donors (Lipinski definition) is 0. The molecular weight excluding hydrogens is 324 g/mol. The number of fused-ring (bicyclic) bond motifs is 5. The van der Waals surface area contributed by atoms with Gasteiger partial charge in [0.25, 0.3) is 0 Å². The van der Waals surface area contributed by atoms with Crippen molar-refractivity contribution in [3.05, 3.63) is 29.3 Å². The first kappa shape index (κ1) is 16.8. The van der Waals surface area contributed by atoms with Crippen LogP contribution in [0.25, 0.3) is 0 Å². The third-order valence-corrected chi connectivity index (χ3v) is 7.81. The molecule has 5 rings (SSSR count). The van der Waals surface area contributed by atoms with E-state index in [-0.39, 0.29) is 11.7 Å². The highest BCUT2D eigenvalue weighted by molar-refractivity contribution is 5.87. The normalized spacial score (nSPS) is 39.0. The number of carbonyl (C=O) groups excluding carboxylic acids is 1. The van der Waals surface area contributed by atoms with Gasteiger partial charge >= 0.3 is 0 Å². The smallest absolute Gasteiger partial charge is 0.199 e. The van der Waals surface area contributed by atoms with Crippen LogP contribution in [0.4, 0.5) is 0 Å². The molecule has 1 aromatic carbocycles. The Morgan fingerprint density at radius 2 is 2.04 bits per heavy atom. The molecule has 3 nitrogen and oxygen atoms in total. The van der Waals surface area contributed by atoms with Crippen LogP contribution in [0.5, 0.6) is 5.75 Å². The summed E-state index contributed by atoms with van der Waals surface area (Å²) in [4.78, 5) is 12.5. The summed E-state index contributed by atoms with van der Waals surface area (Å²) >= 11 is 0. The van der Waals surface area contributed by atoms with Gasteiger partial charge in [-0.15, -0.1) is 0 Å². The van der Waals surface area contributed by atoms with Crippen LogP contribution in [-0.4, -0.2) is 18.7 Å². The van der Waals surface area contributed by atoms with Gasteiger partial charge in [0.05, 0.1) is 6.61 Å². The zero-order valence-electron chi connectivity index (χ0n) is 15.8. The van der Waals surface area contributed by atoms with Crippen molar-refractivity contribution in [1.82, 2.24) is 0 Å². The quantitative estimate of drug-likeness (QED) is 0.748. The molecule has 5 atom stereocenters. The first-order chi connectivity index (χ1) is 12.6. The summed E-state index contributed by atoms with van der Waals surface area (Å²) < 4.78 is 11.8. The van der Waals surface area contributed by atoms with E-state index in [2.05, 4.69) is 25.1 Å². The zero-order chi connectivity index (χ0) is 17.7. The van der Waals surface area contributed by atoms with Crippen LogP contribution in [0.2, 0.25) is 0 Å². The van der Waals surface area contributed by atoms with Crippen LogP contribution in [0, 0.1) is 17.3 Å². The van der Waals surface area contributed by atoms with Crippen molar-refractivity contribution in [2.24, 2.45) is 17.3 Å². The molecule has 0 radical (unpaired) electrons. The fourth-order valence-corrected chi connectivity index (χ4v) is 6.36. The van der Waals surface area contributed by atoms with E-state index in [0.29, 0.717) is 23.5 Å². The maximum absolute atomic E-state index is 12.5. The van der Waals surface area contributed by atoms with Crippen LogP contribution in [0.1, 0.15) is 75.3 Å². The predicted octanol–water partition coefficient (Wildman–Crippen LogP) is 5.02. The molecule has 1 heterocycles. The fourth-order valence-electron chi connectivity index (χ4n) is 6.36. The number of rotatable bonds is 2. The lowest BCUT2D eigenvalue weighted by atomic mass is 9.55. The van der Waals surface area contributed by atoms with E-state index in [1.54, 1.807) is 0 Å². The van der Waals surface area contributed by atoms with Gasteiger partial charge in [0.1, 0.15) is 11.5 Å². The summed E-state index contributed by atoms with van der Waals surface area (Å²) in [6.07, 6.45) is 9.79. The molecule has 3 aliphatic carbocycles. The molecular formula is C23H30O3. The summed E-state index contributed by atoms with van der Waals surface area (Å²) in [5.74, 6) is 3.44. The van der Waals surface area contributed by atoms with E-state index < -0.39 is 0 Å². The van der Waals surface area contributed by atoms with E-state index in [1.165, 1.54) is 30.4 Å². The van der Waals surface area contributed by atoms with Crippen molar-refractivity contribution < 1.29 is 14.3 Å². The van der Waals surface area contributed by atoms with E-state index in [9.17, 15) is 4.79 Å². The lowest BCUT2D eigenvalue weighted by Gasteiger charge is -2.48. The number of Topliss-reactive ketones (excluding diaryl/α,β-unsaturated/α-hetero) is 1. The Bertz CT molecular complexity index is 705. The first-order valence-electron chi connectivity index (χ1n) is 10.6. The van der Waals surface area contributed by atoms with Crippen LogP contribution in [0.15, 0.2) is 18.2 Å². The second kappa shape index (κ2) is 6.37. The van der Waals surface area contributed by atoms with Crippen molar-refractivity contribution in [2.75, 3.05) is 6.61 Å². The number of carbonyl (C=O) groups is 1. The molecule has 4 aliphatic rings. The van der Waals surface area contributed by atoms with Crippen molar-refractivity contribution in [1.29, 1.82) is 0 Å². The molecule has 0 aromatic heterocycles. The summed E-state index contributed by atoms with van der Waals surface area (Å²) in [6.45, 7) is 3.07. The van der Waals surface area contributed by atoms with Crippen molar-refractivity contribution >= 4 is 5.78 Å². The van der Waals surface area contributed by atoms with Gasteiger partial charge in [-0.1, -0.05) is 13.0 Å². The highest BCUT2D eigenvalue weighted by Crippen LogP contribution is 2.59. The standard InChI is InChI=1S/C23H30O3/c1-23-12-11-18-17-8-6-16(26-22-4-2-3-13-25-22)14-15(17)5-7-19(18)20(23)9-10-21(23)24/h6,8,14,18-20,22H,2-5,7,9-13H2,1H3/t18-,19+,20+,22?,23+/m1/s1. The van der Waals surface area contributed by atoms with Gasteiger partial charge in [-0.3, -0.25) is 4.79 Å². The maximum Gasteiger partial charge on any atom is 0.199 e. The molecule has 0 amide bonds. The van der Waals surface area contributed by atoms with Gasteiger partial charge in [-0.2, -0.15) is 0 Å². The molecule has 2 saturated carbocycles. The molecule has 3 heteroatoms. The summed E-state index contributed by atoms with van der Waals surface area (Å²) in [5.41, 5.74) is 2.96. The predicted molar refractivity (Wildman–Crippen MR) is 100 cm³/mol. The Labute approximate surface area is 156 Å². The van der Waals surface area contributed by atoms with Gasteiger partial charge in [0, 0.05) is 18.3 Å². The summed E-state index contributed by atoms with van der Waals surface area (Å²) in [7, 11) is 0. The summed E-state index contributed by atoms with van der Waals surface area (Å²) in [6, 6.07) is 6.72. The Kier molecular flexibility index (Phi) is 4.11. The van der Waals surface area contributed by atoms with E-state index in [1.807, 2.05) is 0 Å². The number of ketones is 1. The van der Waals surface area contributed by atoms with Crippen LogP contribution < -0.4 is 4.74 Å². The minimum absolute atomic E-state index is 0.0277. The molecule has 1 saturated heterocycles. The molecule has 1 unspecified atom stereocenters. The largest absolute Gasteiger partial charge is 0.465 e. The maximum atomic E-state index is 12.5. The van der Waals surface area contributed by atoms with Gasteiger partial charge in [-0.05, 0) is 86.0 Å².